The molecule has 2 aromatic heterocycles. The van der Waals surface area contributed by atoms with Crippen LogP contribution >= 0.6 is 11.3 Å². The molecule has 1 aliphatic rings. The Bertz CT molecular complexity index is 1330. The maximum Gasteiger partial charge on any atom is 0.266 e. The Kier molecular flexibility index (Phi) is 6.33. The Labute approximate surface area is 190 Å². The van der Waals surface area contributed by atoms with Gasteiger partial charge in [-0.25, -0.2) is 4.39 Å². The van der Waals surface area contributed by atoms with E-state index >= 15 is 4.39 Å². The Hall–Kier alpha value is -2.74. The van der Waals surface area contributed by atoms with Crippen LogP contribution in [0.3, 0.4) is 0 Å². The number of nitrogens with two attached hydrogens (primary N) is 1. The smallest absolute Gasteiger partial charge is 0.266 e. The number of hydrogen-bond donors (Lipinski definition) is 2. The van der Waals surface area contributed by atoms with E-state index in [1.807, 2.05) is 35.7 Å². The van der Waals surface area contributed by atoms with Gasteiger partial charge in [-0.1, -0.05) is 19.6 Å². The lowest BCUT2D eigenvalue weighted by Gasteiger charge is -2.30. The summed E-state index contributed by atoms with van der Waals surface area (Å²) in [5.74, 6) is 0.392. The normalized spacial score (nSPS) is 16.9. The number of piperidine rings is 1. The molecule has 5 rings (SSSR count). The molecule has 1 unspecified atom stereocenters. The zero-order chi connectivity index (χ0) is 21.5. The lowest BCUT2D eigenvalue weighted by Crippen LogP contribution is -2.42. The van der Waals surface area contributed by atoms with Crippen LogP contribution in [-0.4, -0.2) is 36.1 Å². The van der Waals surface area contributed by atoms with Gasteiger partial charge in [-0.05, 0) is 54.6 Å². The van der Waals surface area contributed by atoms with Gasteiger partial charge in [-0.3, -0.25) is 9.69 Å². The summed E-state index contributed by atoms with van der Waals surface area (Å²) in [6, 6.07) is 11.1. The number of fused-ring (bicyclic) bond motifs is 3. The number of methoxy groups -OCH3 is 1. The van der Waals surface area contributed by atoms with Crippen molar-refractivity contribution >= 4 is 32.3 Å². The molecule has 0 saturated carbocycles. The fourth-order valence-corrected chi connectivity index (χ4v) is 5.39. The number of nitrogens with one attached hydrogen (secondary N) is 1. The first-order chi connectivity index (χ1) is 15.0. The van der Waals surface area contributed by atoms with Gasteiger partial charge >= 0.3 is 0 Å². The minimum absolute atomic E-state index is 0. The van der Waals surface area contributed by atoms with Gasteiger partial charge in [0.25, 0.3) is 5.56 Å². The van der Waals surface area contributed by atoms with E-state index in [-0.39, 0.29) is 24.8 Å². The van der Waals surface area contributed by atoms with Gasteiger partial charge in [-0.2, -0.15) is 0 Å². The highest BCUT2D eigenvalue weighted by Crippen LogP contribution is 2.40. The van der Waals surface area contributed by atoms with Gasteiger partial charge in [0.05, 0.1) is 7.11 Å². The molecule has 0 radical (unpaired) electrons. The first kappa shape index (κ1) is 22.5. The zero-order valence-corrected chi connectivity index (χ0v) is 18.1. The van der Waals surface area contributed by atoms with Crippen LogP contribution in [0, 0.1) is 5.82 Å². The molecule has 4 aromatic rings. The zero-order valence-electron chi connectivity index (χ0n) is 17.3. The highest BCUT2D eigenvalue weighted by Gasteiger charge is 2.20. The molecule has 7 heteroatoms. The number of nitrogens with zero attached hydrogens (tertiary/aromatic N) is 1. The summed E-state index contributed by atoms with van der Waals surface area (Å²) in [5.41, 5.74) is 8.83. The highest BCUT2D eigenvalue weighted by atomic mass is 32.1. The second-order valence-corrected chi connectivity index (χ2v) is 9.04. The van der Waals surface area contributed by atoms with E-state index in [1.54, 1.807) is 13.2 Å². The molecule has 2 aromatic carbocycles. The van der Waals surface area contributed by atoms with Crippen LogP contribution in [0.1, 0.15) is 25.8 Å². The van der Waals surface area contributed by atoms with Crippen LogP contribution in [0.4, 0.5) is 4.39 Å². The topological polar surface area (TPSA) is 71.4 Å². The van der Waals surface area contributed by atoms with Crippen LogP contribution in [0.2, 0.25) is 0 Å². The number of thiophene rings is 1. The van der Waals surface area contributed by atoms with Crippen molar-refractivity contribution in [1.29, 1.82) is 0 Å². The quantitative estimate of drug-likeness (QED) is 0.450. The number of aromatic nitrogens is 1. The largest absolute Gasteiger partial charge is 0.496 e. The van der Waals surface area contributed by atoms with Crippen molar-refractivity contribution in [2.24, 2.45) is 5.73 Å². The maximum atomic E-state index is 15.2. The van der Waals surface area contributed by atoms with E-state index in [1.165, 1.54) is 11.3 Å². The van der Waals surface area contributed by atoms with Crippen LogP contribution < -0.4 is 16.0 Å². The number of aromatic amines is 1. The minimum atomic E-state index is -0.248. The Morgan fingerprint density at radius 1 is 1.28 bits per heavy atom. The van der Waals surface area contributed by atoms with Crippen LogP contribution in [0.15, 0.2) is 46.6 Å². The summed E-state index contributed by atoms with van der Waals surface area (Å²) < 4.78 is 21.5. The Balaban J connectivity index is 0.00000245. The summed E-state index contributed by atoms with van der Waals surface area (Å²) in [7, 11) is 1.60. The van der Waals surface area contributed by atoms with Gasteiger partial charge in [0.2, 0.25) is 0 Å². The molecule has 168 valence electrons. The summed E-state index contributed by atoms with van der Waals surface area (Å²) in [6.45, 7) is 2.28. The average Bonchev–Trinajstić information content (AvgIpc) is 3.25. The predicted molar refractivity (Wildman–Crippen MR) is 131 cm³/mol. The third-order valence-electron chi connectivity index (χ3n) is 6.05. The number of pyridine rings is 1. The third-order valence-corrected chi connectivity index (χ3v) is 6.97. The van der Waals surface area contributed by atoms with Gasteiger partial charge in [-0.15, -0.1) is 11.3 Å². The van der Waals surface area contributed by atoms with E-state index in [2.05, 4.69) is 9.88 Å². The van der Waals surface area contributed by atoms with Gasteiger partial charge < -0.3 is 15.5 Å². The average molecular weight is 454 g/mol. The number of likely N-dealkylation sites (tertiary alicyclic amines) is 1. The van der Waals surface area contributed by atoms with Gasteiger partial charge in [0, 0.05) is 46.5 Å². The van der Waals surface area contributed by atoms with Crippen molar-refractivity contribution < 1.29 is 9.13 Å². The summed E-state index contributed by atoms with van der Waals surface area (Å²) in [6.07, 6.45) is 2.07. The molecule has 0 bridgehead atoms. The van der Waals surface area contributed by atoms with Gasteiger partial charge in [0.1, 0.15) is 16.3 Å². The molecule has 0 amide bonds. The standard InChI is InChI=1S/C24H24FN3O2S.CH4/c1-30-20-7-6-19-22(17-8-10-31-23(17)24(29)27-19)21(20)14-4-5-15(18(25)11-14)12-28-9-2-3-16(26)13-28;/h4-8,10-11,16H,2-3,9,12-13,26H2,1H3,(H,27,29);1H4. The lowest BCUT2D eigenvalue weighted by atomic mass is 9.96. The third kappa shape index (κ3) is 3.92. The molecule has 1 fully saturated rings. The van der Waals surface area contributed by atoms with E-state index in [0.29, 0.717) is 28.1 Å². The first-order valence-electron chi connectivity index (χ1n) is 10.4. The number of rotatable bonds is 4. The number of H-pyrrole nitrogens is 1. The molecule has 32 heavy (non-hydrogen) atoms. The molecule has 1 atom stereocenters. The maximum absolute atomic E-state index is 15.2. The van der Waals surface area contributed by atoms with Crippen molar-refractivity contribution in [3.8, 4) is 16.9 Å². The van der Waals surface area contributed by atoms with Crippen molar-refractivity contribution in [1.82, 2.24) is 9.88 Å². The van der Waals surface area contributed by atoms with Gasteiger partial charge in [0.15, 0.2) is 0 Å². The van der Waals surface area contributed by atoms with Crippen LogP contribution in [0.25, 0.3) is 32.1 Å². The summed E-state index contributed by atoms with van der Waals surface area (Å²) in [5, 5.41) is 3.61. The molecule has 3 heterocycles. The van der Waals surface area contributed by atoms with Crippen LogP contribution in [-0.2, 0) is 6.54 Å². The van der Waals surface area contributed by atoms with Crippen molar-refractivity contribution in [2.75, 3.05) is 20.2 Å². The number of halogens is 1. The van der Waals surface area contributed by atoms with E-state index in [4.69, 9.17) is 10.5 Å². The Morgan fingerprint density at radius 3 is 2.88 bits per heavy atom. The number of ether oxygens (including phenoxy) is 1. The molecule has 5 nitrogen and oxygen atoms in total. The highest BCUT2D eigenvalue weighted by molar-refractivity contribution is 7.17. The van der Waals surface area contributed by atoms with E-state index in [0.717, 1.165) is 47.8 Å². The second-order valence-electron chi connectivity index (χ2n) is 8.13. The van der Waals surface area contributed by atoms with E-state index in [9.17, 15) is 4.79 Å². The molecule has 3 N–H and O–H groups in total. The molecule has 0 spiro atoms. The summed E-state index contributed by atoms with van der Waals surface area (Å²) >= 11 is 1.40. The second kappa shape index (κ2) is 9.02. The van der Waals surface area contributed by atoms with Crippen LogP contribution in [0.5, 0.6) is 5.75 Å². The molecular formula is C25H28FN3O2S. The SMILES string of the molecule is C.COc1ccc2[nH]c(=O)c3sccc3c2c1-c1ccc(CN2CCCC(N)C2)c(F)c1. The monoisotopic (exact) mass is 453 g/mol. The van der Waals surface area contributed by atoms with Crippen molar-refractivity contribution in [2.45, 2.75) is 32.9 Å². The number of hydrogen-bond acceptors (Lipinski definition) is 5. The molecular weight excluding hydrogens is 425 g/mol. The van der Waals surface area contributed by atoms with E-state index < -0.39 is 0 Å². The number of benzene rings is 2. The summed E-state index contributed by atoms with van der Waals surface area (Å²) in [4.78, 5) is 17.6. The van der Waals surface area contributed by atoms with Crippen molar-refractivity contribution in [3.05, 3.63) is 63.5 Å². The first-order valence-corrected chi connectivity index (χ1v) is 11.3. The molecule has 1 aliphatic heterocycles. The lowest BCUT2D eigenvalue weighted by molar-refractivity contribution is 0.199. The Morgan fingerprint density at radius 2 is 2.12 bits per heavy atom. The van der Waals surface area contributed by atoms with Crippen molar-refractivity contribution in [3.63, 3.8) is 0 Å². The molecule has 1 saturated heterocycles. The fraction of sp³-hybridized carbons (Fsp3) is 0.320. The molecule has 0 aliphatic carbocycles. The predicted octanol–water partition coefficient (Wildman–Crippen LogP) is 5.12. The minimum Gasteiger partial charge on any atom is -0.496 e. The fourth-order valence-electron chi connectivity index (χ4n) is 4.59.